The molecule has 0 aliphatic rings. The molecule has 0 saturated heterocycles. The van der Waals surface area contributed by atoms with Gasteiger partial charge in [-0.3, -0.25) is 0 Å². The average Bonchev–Trinajstić information content (AvgIpc) is 2.50. The van der Waals surface area contributed by atoms with Gasteiger partial charge in [-0.25, -0.2) is 9.97 Å². The molecular weight excluding hydrogens is 290 g/mol. The summed E-state index contributed by atoms with van der Waals surface area (Å²) in [6.07, 6.45) is 2.26. The Morgan fingerprint density at radius 1 is 1.09 bits per heavy atom. The van der Waals surface area contributed by atoms with Gasteiger partial charge in [0.15, 0.2) is 0 Å². The smallest absolute Gasteiger partial charge is 0.221 e. The van der Waals surface area contributed by atoms with E-state index in [1.54, 1.807) is 13.3 Å². The van der Waals surface area contributed by atoms with E-state index in [1.165, 1.54) is 0 Å². The van der Waals surface area contributed by atoms with E-state index >= 15 is 0 Å². The van der Waals surface area contributed by atoms with Crippen LogP contribution in [0.5, 0.6) is 5.75 Å². The molecule has 6 heteroatoms. The standard InChI is InChI=1S/C17H19N5O/c1-9-4-10(2)21-15-13(9)6-11(7-14(15)23-3)5-12-8-20-17(19)22-16(12)18/h4,6-8H,5H2,1-3H3,(H4,18,19,20,22). The Labute approximate surface area is 134 Å². The number of hydrogen-bond acceptors (Lipinski definition) is 6. The van der Waals surface area contributed by atoms with Gasteiger partial charge >= 0.3 is 0 Å². The van der Waals surface area contributed by atoms with Crippen molar-refractivity contribution in [1.29, 1.82) is 0 Å². The number of ether oxygens (including phenoxy) is 1. The summed E-state index contributed by atoms with van der Waals surface area (Å²) >= 11 is 0. The molecular formula is C17H19N5O. The fourth-order valence-electron chi connectivity index (χ4n) is 2.73. The Hall–Kier alpha value is -2.89. The maximum atomic E-state index is 5.93. The Balaban J connectivity index is 2.11. The molecule has 0 spiro atoms. The van der Waals surface area contributed by atoms with E-state index < -0.39 is 0 Å². The maximum absolute atomic E-state index is 5.93. The summed E-state index contributed by atoms with van der Waals surface area (Å²) in [7, 11) is 1.65. The van der Waals surface area contributed by atoms with Crippen molar-refractivity contribution in [3.8, 4) is 5.75 Å². The molecule has 0 radical (unpaired) electrons. The van der Waals surface area contributed by atoms with E-state index in [-0.39, 0.29) is 5.95 Å². The molecule has 0 amide bonds. The molecule has 0 aliphatic carbocycles. The normalized spacial score (nSPS) is 10.9. The van der Waals surface area contributed by atoms with Crippen LogP contribution in [0.2, 0.25) is 0 Å². The summed E-state index contributed by atoms with van der Waals surface area (Å²) in [5, 5.41) is 1.07. The van der Waals surface area contributed by atoms with Gasteiger partial charge in [0.05, 0.1) is 7.11 Å². The average molecular weight is 309 g/mol. The van der Waals surface area contributed by atoms with Gasteiger partial charge in [0.2, 0.25) is 5.95 Å². The van der Waals surface area contributed by atoms with Crippen molar-refractivity contribution >= 4 is 22.7 Å². The number of anilines is 2. The molecule has 118 valence electrons. The highest BCUT2D eigenvalue weighted by Gasteiger charge is 2.11. The second-order valence-electron chi connectivity index (χ2n) is 5.59. The second kappa shape index (κ2) is 5.72. The Kier molecular flexibility index (Phi) is 3.73. The third-order valence-electron chi connectivity index (χ3n) is 3.80. The van der Waals surface area contributed by atoms with Crippen molar-refractivity contribution in [2.45, 2.75) is 20.3 Å². The van der Waals surface area contributed by atoms with Crippen LogP contribution in [-0.4, -0.2) is 22.1 Å². The van der Waals surface area contributed by atoms with Gasteiger partial charge in [0.1, 0.15) is 17.1 Å². The van der Waals surface area contributed by atoms with E-state index in [4.69, 9.17) is 16.2 Å². The number of benzene rings is 1. The molecule has 3 aromatic rings. The molecule has 0 fully saturated rings. The predicted molar refractivity (Wildman–Crippen MR) is 91.4 cm³/mol. The number of aromatic nitrogens is 3. The number of nitrogen functional groups attached to an aromatic ring is 2. The molecule has 1 aromatic carbocycles. The number of fused-ring (bicyclic) bond motifs is 1. The van der Waals surface area contributed by atoms with Gasteiger partial charge in [0, 0.05) is 29.3 Å². The molecule has 23 heavy (non-hydrogen) atoms. The minimum Gasteiger partial charge on any atom is -0.494 e. The van der Waals surface area contributed by atoms with Crippen molar-refractivity contribution in [1.82, 2.24) is 15.0 Å². The van der Waals surface area contributed by atoms with Crippen LogP contribution in [0, 0.1) is 13.8 Å². The third kappa shape index (κ3) is 2.88. The molecule has 4 N–H and O–H groups in total. The van der Waals surface area contributed by atoms with Crippen molar-refractivity contribution in [2.75, 3.05) is 18.6 Å². The SMILES string of the molecule is COc1cc(Cc2cnc(N)nc2N)cc2c(C)cc(C)nc12. The monoisotopic (exact) mass is 309 g/mol. The highest BCUT2D eigenvalue weighted by molar-refractivity contribution is 5.88. The maximum Gasteiger partial charge on any atom is 0.221 e. The second-order valence-corrected chi connectivity index (χ2v) is 5.59. The number of hydrogen-bond donors (Lipinski definition) is 2. The Bertz CT molecular complexity index is 892. The van der Waals surface area contributed by atoms with Crippen molar-refractivity contribution in [3.63, 3.8) is 0 Å². The molecule has 3 rings (SSSR count). The predicted octanol–water partition coefficient (Wildman–Crippen LogP) is 2.41. The quantitative estimate of drug-likeness (QED) is 0.770. The van der Waals surface area contributed by atoms with Crippen LogP contribution in [0.4, 0.5) is 11.8 Å². The highest BCUT2D eigenvalue weighted by atomic mass is 16.5. The molecule has 0 unspecified atom stereocenters. The lowest BCUT2D eigenvalue weighted by atomic mass is 10.0. The number of methoxy groups -OCH3 is 1. The van der Waals surface area contributed by atoms with Gasteiger partial charge in [-0.1, -0.05) is 0 Å². The zero-order chi connectivity index (χ0) is 16.6. The van der Waals surface area contributed by atoms with E-state index in [9.17, 15) is 0 Å². The van der Waals surface area contributed by atoms with Crippen LogP contribution in [0.25, 0.3) is 10.9 Å². The largest absolute Gasteiger partial charge is 0.494 e. The molecule has 2 aromatic heterocycles. The van der Waals surface area contributed by atoms with E-state index in [0.717, 1.165) is 39.0 Å². The zero-order valence-electron chi connectivity index (χ0n) is 13.4. The van der Waals surface area contributed by atoms with E-state index in [1.807, 2.05) is 13.0 Å². The van der Waals surface area contributed by atoms with Crippen LogP contribution < -0.4 is 16.2 Å². The van der Waals surface area contributed by atoms with Gasteiger partial charge in [-0.15, -0.1) is 0 Å². The first kappa shape index (κ1) is 15.0. The number of nitrogens with two attached hydrogens (primary N) is 2. The summed E-state index contributed by atoms with van der Waals surface area (Å²) in [5.74, 6) is 1.33. The van der Waals surface area contributed by atoms with Crippen LogP contribution in [0.1, 0.15) is 22.4 Å². The van der Waals surface area contributed by atoms with Gasteiger partial charge in [-0.2, -0.15) is 4.98 Å². The summed E-state index contributed by atoms with van der Waals surface area (Å²) in [5.41, 5.74) is 16.4. The molecule has 0 atom stereocenters. The van der Waals surface area contributed by atoms with Crippen molar-refractivity contribution in [2.24, 2.45) is 0 Å². The zero-order valence-corrected chi connectivity index (χ0v) is 13.4. The first-order valence-electron chi connectivity index (χ1n) is 7.29. The Morgan fingerprint density at radius 3 is 2.57 bits per heavy atom. The van der Waals surface area contributed by atoms with Crippen LogP contribution in [0.3, 0.4) is 0 Å². The third-order valence-corrected chi connectivity index (χ3v) is 3.80. The topological polar surface area (TPSA) is 99.9 Å². The van der Waals surface area contributed by atoms with E-state index in [0.29, 0.717) is 12.2 Å². The lowest BCUT2D eigenvalue weighted by molar-refractivity contribution is 0.418. The first-order chi connectivity index (χ1) is 11.0. The number of aryl methyl sites for hydroxylation is 2. The molecule has 0 bridgehead atoms. The number of rotatable bonds is 3. The minimum absolute atomic E-state index is 0.179. The van der Waals surface area contributed by atoms with E-state index in [2.05, 4.69) is 34.0 Å². The molecule has 0 aliphatic heterocycles. The molecule has 2 heterocycles. The van der Waals surface area contributed by atoms with Crippen LogP contribution in [-0.2, 0) is 6.42 Å². The summed E-state index contributed by atoms with van der Waals surface area (Å²) in [6.45, 7) is 4.05. The fourth-order valence-corrected chi connectivity index (χ4v) is 2.73. The summed E-state index contributed by atoms with van der Waals surface area (Å²) in [4.78, 5) is 12.6. The molecule has 6 nitrogen and oxygen atoms in total. The summed E-state index contributed by atoms with van der Waals surface area (Å²) in [6, 6.07) is 6.14. The fraction of sp³-hybridized carbons (Fsp3) is 0.235. The van der Waals surface area contributed by atoms with Gasteiger partial charge in [-0.05, 0) is 43.2 Å². The van der Waals surface area contributed by atoms with Crippen molar-refractivity contribution in [3.05, 3.63) is 46.8 Å². The van der Waals surface area contributed by atoms with Gasteiger partial charge < -0.3 is 16.2 Å². The first-order valence-corrected chi connectivity index (χ1v) is 7.29. The van der Waals surface area contributed by atoms with Crippen LogP contribution >= 0.6 is 0 Å². The number of nitrogens with zero attached hydrogens (tertiary/aromatic N) is 3. The summed E-state index contributed by atoms with van der Waals surface area (Å²) < 4.78 is 5.52. The van der Waals surface area contributed by atoms with Gasteiger partial charge in [0.25, 0.3) is 0 Å². The van der Waals surface area contributed by atoms with Crippen molar-refractivity contribution < 1.29 is 4.74 Å². The lowest BCUT2D eigenvalue weighted by Gasteiger charge is -2.12. The lowest BCUT2D eigenvalue weighted by Crippen LogP contribution is -2.04. The van der Waals surface area contributed by atoms with Crippen LogP contribution in [0.15, 0.2) is 24.4 Å². The highest BCUT2D eigenvalue weighted by Crippen LogP contribution is 2.30. The molecule has 0 saturated carbocycles. The Morgan fingerprint density at radius 2 is 1.87 bits per heavy atom. The minimum atomic E-state index is 0.179. The number of pyridine rings is 1.